The summed E-state index contributed by atoms with van der Waals surface area (Å²) in [5.41, 5.74) is 1.01. The van der Waals surface area contributed by atoms with Crippen LogP contribution in [0.3, 0.4) is 0 Å². The molecule has 0 unspecified atom stereocenters. The first-order chi connectivity index (χ1) is 16.5. The summed E-state index contributed by atoms with van der Waals surface area (Å²) in [5.74, 6) is -1.28. The zero-order valence-electron chi connectivity index (χ0n) is 18.3. The second-order valence-electron chi connectivity index (χ2n) is 8.43. The van der Waals surface area contributed by atoms with Crippen LogP contribution in [-0.2, 0) is 4.74 Å². The molecule has 5 rings (SSSR count). The molecule has 2 heterocycles. The first-order valence-electron chi connectivity index (χ1n) is 11.2. The van der Waals surface area contributed by atoms with Crippen LogP contribution in [0, 0.1) is 0 Å². The molecule has 0 radical (unpaired) electrons. The van der Waals surface area contributed by atoms with Crippen molar-refractivity contribution in [2.75, 3.05) is 0 Å². The number of nitrogens with one attached hydrogen (secondary N) is 1. The van der Waals surface area contributed by atoms with Gasteiger partial charge in [-0.25, -0.2) is 4.79 Å². The first-order valence-corrected chi connectivity index (χ1v) is 11.2. The Morgan fingerprint density at radius 1 is 0.794 bits per heavy atom. The van der Waals surface area contributed by atoms with Gasteiger partial charge in [0, 0.05) is 29.2 Å². The van der Waals surface area contributed by atoms with Crippen LogP contribution in [0.1, 0.15) is 46.4 Å². The van der Waals surface area contributed by atoms with Crippen molar-refractivity contribution in [1.82, 2.24) is 15.3 Å². The highest BCUT2D eigenvalue weighted by atomic mass is 16.5. The predicted octanol–water partition coefficient (Wildman–Crippen LogP) is 4.09. The normalized spacial score (nSPS) is 18.0. The van der Waals surface area contributed by atoms with Crippen LogP contribution >= 0.6 is 0 Å². The third-order valence-electron chi connectivity index (χ3n) is 6.24. The molecular weight excluding hydrogens is 434 g/mol. The highest BCUT2D eigenvalue weighted by molar-refractivity contribution is 6.02. The number of hydrogen-bond donors (Lipinski definition) is 3. The maximum atomic E-state index is 12.7. The number of rotatable bonds is 4. The lowest BCUT2D eigenvalue weighted by atomic mass is 9.92. The van der Waals surface area contributed by atoms with E-state index in [2.05, 4.69) is 15.3 Å². The molecule has 0 aliphatic heterocycles. The Kier molecular flexibility index (Phi) is 5.71. The summed E-state index contributed by atoms with van der Waals surface area (Å²) in [4.78, 5) is 33.7. The van der Waals surface area contributed by atoms with Gasteiger partial charge in [0.05, 0.1) is 5.56 Å². The molecule has 1 amide bonds. The maximum Gasteiger partial charge on any atom is 0.342 e. The van der Waals surface area contributed by atoms with Crippen molar-refractivity contribution in [1.29, 1.82) is 0 Å². The number of nitrogens with zero attached hydrogens (tertiary/aromatic N) is 2. The molecule has 8 nitrogen and oxygen atoms in total. The molecule has 0 bridgehead atoms. The third-order valence-corrected chi connectivity index (χ3v) is 6.24. The number of phenolic OH excluding ortho intramolecular Hbond substituents is 2. The monoisotopic (exact) mass is 457 g/mol. The molecule has 2 aromatic heterocycles. The van der Waals surface area contributed by atoms with Gasteiger partial charge < -0.3 is 20.3 Å². The van der Waals surface area contributed by atoms with E-state index in [1.54, 1.807) is 54.9 Å². The highest BCUT2D eigenvalue weighted by Crippen LogP contribution is 2.30. The van der Waals surface area contributed by atoms with Gasteiger partial charge in [0.25, 0.3) is 5.91 Å². The number of aromatic nitrogens is 2. The third kappa shape index (κ3) is 4.10. The molecule has 1 saturated carbocycles. The minimum atomic E-state index is -0.592. The molecule has 3 N–H and O–H groups in total. The molecule has 8 heteroatoms. The fraction of sp³-hybridized carbons (Fsp3) is 0.231. The van der Waals surface area contributed by atoms with E-state index in [0.717, 1.165) is 10.8 Å². The SMILES string of the molecule is O=C(NC1CCC(OC(=O)c2ccc3cccnc3c2O)CC1)c1ccc2cccnc2c1O. The Labute approximate surface area is 195 Å². The number of carbonyl (C=O) groups is 2. The quantitative estimate of drug-likeness (QED) is 0.395. The lowest BCUT2D eigenvalue weighted by Gasteiger charge is -2.29. The topological polar surface area (TPSA) is 122 Å². The van der Waals surface area contributed by atoms with Crippen molar-refractivity contribution in [3.05, 3.63) is 72.1 Å². The predicted molar refractivity (Wildman–Crippen MR) is 126 cm³/mol. The largest absolute Gasteiger partial charge is 0.505 e. The van der Waals surface area contributed by atoms with E-state index in [9.17, 15) is 19.8 Å². The first kappa shape index (κ1) is 21.6. The number of hydrogen-bond acceptors (Lipinski definition) is 7. The summed E-state index contributed by atoms with van der Waals surface area (Å²) >= 11 is 0. The van der Waals surface area contributed by atoms with Crippen LogP contribution in [-0.4, -0.2) is 44.2 Å². The van der Waals surface area contributed by atoms with Gasteiger partial charge in [-0.1, -0.05) is 24.3 Å². The van der Waals surface area contributed by atoms with Gasteiger partial charge in [-0.15, -0.1) is 0 Å². The van der Waals surface area contributed by atoms with E-state index in [4.69, 9.17) is 4.74 Å². The summed E-state index contributed by atoms with van der Waals surface area (Å²) in [7, 11) is 0. The Morgan fingerprint density at radius 3 is 1.97 bits per heavy atom. The van der Waals surface area contributed by atoms with E-state index >= 15 is 0 Å². The second kappa shape index (κ2) is 8.97. The summed E-state index contributed by atoms with van der Waals surface area (Å²) in [5, 5.41) is 25.4. The van der Waals surface area contributed by atoms with Gasteiger partial charge in [0.15, 0.2) is 11.5 Å². The standard InChI is InChI=1S/C26H23N3O5/c30-23-19(11-5-15-3-1-13-27-21(15)23)25(32)29-17-7-9-18(10-8-17)34-26(33)20-12-6-16-4-2-14-28-22(16)24(20)31/h1-6,11-14,17-18,30-31H,7-10H2,(H,29,32). The fourth-order valence-electron chi connectivity index (χ4n) is 4.41. The van der Waals surface area contributed by atoms with E-state index < -0.39 is 5.97 Å². The number of esters is 1. The Hall–Kier alpha value is -4.20. The van der Waals surface area contributed by atoms with E-state index in [1.165, 1.54) is 0 Å². The molecule has 2 aromatic carbocycles. The molecule has 4 aromatic rings. The lowest BCUT2D eigenvalue weighted by Crippen LogP contribution is -2.39. The van der Waals surface area contributed by atoms with Crippen molar-refractivity contribution in [2.24, 2.45) is 0 Å². The fourth-order valence-corrected chi connectivity index (χ4v) is 4.41. The highest BCUT2D eigenvalue weighted by Gasteiger charge is 2.27. The number of amides is 1. The van der Waals surface area contributed by atoms with Gasteiger partial charge in [-0.3, -0.25) is 14.8 Å². The van der Waals surface area contributed by atoms with Crippen LogP contribution in [0.25, 0.3) is 21.8 Å². The van der Waals surface area contributed by atoms with Crippen LogP contribution < -0.4 is 5.32 Å². The van der Waals surface area contributed by atoms with Crippen LogP contribution in [0.15, 0.2) is 60.9 Å². The van der Waals surface area contributed by atoms with Gasteiger partial charge in [0.2, 0.25) is 0 Å². The van der Waals surface area contributed by atoms with Crippen molar-refractivity contribution in [3.8, 4) is 11.5 Å². The molecule has 1 aliphatic rings. The van der Waals surface area contributed by atoms with Crippen LogP contribution in [0.2, 0.25) is 0 Å². The average molecular weight is 457 g/mol. The Balaban J connectivity index is 1.19. The zero-order valence-corrected chi connectivity index (χ0v) is 18.3. The number of pyridine rings is 2. The number of phenols is 2. The Bertz CT molecular complexity index is 1290. The van der Waals surface area contributed by atoms with E-state index in [0.29, 0.717) is 36.7 Å². The van der Waals surface area contributed by atoms with Crippen LogP contribution in [0.5, 0.6) is 11.5 Å². The summed E-state index contributed by atoms with van der Waals surface area (Å²) in [6.07, 6.45) is 5.23. The maximum absolute atomic E-state index is 12.7. The van der Waals surface area contributed by atoms with E-state index in [1.807, 2.05) is 6.07 Å². The number of benzene rings is 2. The molecule has 0 atom stereocenters. The van der Waals surface area contributed by atoms with Gasteiger partial charge in [-0.2, -0.15) is 0 Å². The molecule has 1 fully saturated rings. The number of carbonyl (C=O) groups excluding carboxylic acids is 2. The van der Waals surface area contributed by atoms with Crippen LogP contribution in [0.4, 0.5) is 0 Å². The minimum Gasteiger partial charge on any atom is -0.505 e. The van der Waals surface area contributed by atoms with Crippen molar-refractivity contribution in [2.45, 2.75) is 37.8 Å². The lowest BCUT2D eigenvalue weighted by molar-refractivity contribution is 0.0181. The molecule has 0 spiro atoms. The molecule has 172 valence electrons. The number of ether oxygens (including phenoxy) is 1. The zero-order chi connectivity index (χ0) is 23.7. The summed E-state index contributed by atoms with van der Waals surface area (Å²) in [6, 6.07) is 13.7. The van der Waals surface area contributed by atoms with Crippen molar-refractivity contribution >= 4 is 33.7 Å². The summed E-state index contributed by atoms with van der Waals surface area (Å²) < 4.78 is 5.62. The van der Waals surface area contributed by atoms with E-state index in [-0.39, 0.29) is 40.7 Å². The molecule has 0 saturated heterocycles. The summed E-state index contributed by atoms with van der Waals surface area (Å²) in [6.45, 7) is 0. The van der Waals surface area contributed by atoms with Crippen molar-refractivity contribution in [3.63, 3.8) is 0 Å². The van der Waals surface area contributed by atoms with Crippen molar-refractivity contribution < 1.29 is 24.5 Å². The average Bonchev–Trinajstić information content (AvgIpc) is 2.86. The Morgan fingerprint density at radius 2 is 1.35 bits per heavy atom. The molecule has 1 aliphatic carbocycles. The smallest absolute Gasteiger partial charge is 0.342 e. The number of fused-ring (bicyclic) bond motifs is 2. The minimum absolute atomic E-state index is 0.0852. The second-order valence-corrected chi connectivity index (χ2v) is 8.43. The molecular formula is C26H23N3O5. The van der Waals surface area contributed by atoms with Gasteiger partial charge in [-0.05, 0) is 49.9 Å². The van der Waals surface area contributed by atoms with Gasteiger partial charge >= 0.3 is 5.97 Å². The molecule has 34 heavy (non-hydrogen) atoms. The van der Waals surface area contributed by atoms with Gasteiger partial charge in [0.1, 0.15) is 22.7 Å². The number of aromatic hydroxyl groups is 2.